The molecule has 0 unspecified atom stereocenters. The van der Waals surface area contributed by atoms with Gasteiger partial charge < -0.3 is 10.4 Å². The third-order valence-electron chi connectivity index (χ3n) is 2.49. The van der Waals surface area contributed by atoms with Gasteiger partial charge in [0.1, 0.15) is 10.7 Å². The Morgan fingerprint density at radius 3 is 2.47 bits per heavy atom. The standard InChI is InChI=1S/C14H13NOS/c1-10-9-12(16)7-8-13(10)14(17)15-11-5-3-2-4-6-11/h2-9,16H,1H3,(H,15,17). The van der Waals surface area contributed by atoms with Crippen molar-refractivity contribution in [1.82, 2.24) is 0 Å². The molecule has 0 fully saturated rings. The number of aryl methyl sites for hydroxylation is 1. The van der Waals surface area contributed by atoms with Crippen LogP contribution in [0.5, 0.6) is 5.75 Å². The van der Waals surface area contributed by atoms with E-state index in [9.17, 15) is 5.11 Å². The zero-order chi connectivity index (χ0) is 12.3. The lowest BCUT2D eigenvalue weighted by atomic mass is 10.1. The van der Waals surface area contributed by atoms with Gasteiger partial charge in [0.05, 0.1) is 0 Å². The van der Waals surface area contributed by atoms with Gasteiger partial charge in [-0.3, -0.25) is 0 Å². The van der Waals surface area contributed by atoms with Crippen LogP contribution in [0.3, 0.4) is 0 Å². The van der Waals surface area contributed by atoms with Gasteiger partial charge in [0.2, 0.25) is 0 Å². The Morgan fingerprint density at radius 1 is 1.12 bits per heavy atom. The van der Waals surface area contributed by atoms with Crippen molar-refractivity contribution in [3.8, 4) is 5.75 Å². The molecule has 2 nitrogen and oxygen atoms in total. The smallest absolute Gasteiger partial charge is 0.115 e. The molecule has 0 heterocycles. The van der Waals surface area contributed by atoms with Gasteiger partial charge >= 0.3 is 0 Å². The molecule has 0 aliphatic heterocycles. The van der Waals surface area contributed by atoms with Crippen molar-refractivity contribution in [3.63, 3.8) is 0 Å². The van der Waals surface area contributed by atoms with Crippen LogP contribution in [-0.4, -0.2) is 10.1 Å². The van der Waals surface area contributed by atoms with Crippen molar-refractivity contribution in [3.05, 3.63) is 59.7 Å². The van der Waals surface area contributed by atoms with E-state index >= 15 is 0 Å². The number of para-hydroxylation sites is 1. The summed E-state index contributed by atoms with van der Waals surface area (Å²) in [5, 5.41) is 12.5. The molecule has 2 rings (SSSR count). The Bertz CT molecular complexity index is 537. The van der Waals surface area contributed by atoms with Crippen LogP contribution >= 0.6 is 12.2 Å². The van der Waals surface area contributed by atoms with E-state index in [4.69, 9.17) is 12.2 Å². The van der Waals surface area contributed by atoms with Crippen LogP contribution in [0.25, 0.3) is 0 Å². The Kier molecular flexibility index (Phi) is 3.40. The minimum atomic E-state index is 0.258. The molecule has 0 saturated heterocycles. The maximum atomic E-state index is 9.35. The number of nitrogens with one attached hydrogen (secondary N) is 1. The van der Waals surface area contributed by atoms with Crippen molar-refractivity contribution in [2.75, 3.05) is 5.32 Å². The van der Waals surface area contributed by atoms with Crippen LogP contribution in [0.1, 0.15) is 11.1 Å². The molecule has 0 aliphatic rings. The molecule has 0 aromatic heterocycles. The van der Waals surface area contributed by atoms with Gasteiger partial charge in [-0.25, -0.2) is 0 Å². The monoisotopic (exact) mass is 243 g/mol. The highest BCUT2D eigenvalue weighted by Crippen LogP contribution is 2.17. The quantitative estimate of drug-likeness (QED) is 0.792. The zero-order valence-electron chi connectivity index (χ0n) is 9.47. The van der Waals surface area contributed by atoms with Gasteiger partial charge in [0.15, 0.2) is 0 Å². The summed E-state index contributed by atoms with van der Waals surface area (Å²) in [4.78, 5) is 0.661. The normalized spacial score (nSPS) is 9.94. The summed E-state index contributed by atoms with van der Waals surface area (Å²) in [6.45, 7) is 1.92. The first-order chi connectivity index (χ1) is 8.16. The van der Waals surface area contributed by atoms with Crippen LogP contribution in [0.4, 0.5) is 5.69 Å². The lowest BCUT2D eigenvalue weighted by molar-refractivity contribution is 0.475. The molecule has 0 amide bonds. The molecule has 0 radical (unpaired) electrons. The highest BCUT2D eigenvalue weighted by Gasteiger charge is 2.05. The Hall–Kier alpha value is -1.87. The van der Waals surface area contributed by atoms with E-state index in [1.807, 2.05) is 43.3 Å². The van der Waals surface area contributed by atoms with E-state index in [0.29, 0.717) is 4.99 Å². The summed E-state index contributed by atoms with van der Waals surface area (Å²) in [6, 6.07) is 15.0. The molecule has 2 aromatic carbocycles. The number of benzene rings is 2. The molecule has 86 valence electrons. The summed E-state index contributed by atoms with van der Waals surface area (Å²) in [6.07, 6.45) is 0. The second-order valence-electron chi connectivity index (χ2n) is 3.82. The van der Waals surface area contributed by atoms with E-state index in [1.165, 1.54) is 0 Å². The van der Waals surface area contributed by atoms with Crippen LogP contribution in [0.15, 0.2) is 48.5 Å². The molecule has 0 spiro atoms. The Labute approximate surface area is 106 Å². The van der Waals surface area contributed by atoms with Gasteiger partial charge in [0, 0.05) is 11.3 Å². The van der Waals surface area contributed by atoms with Crippen LogP contribution in [0, 0.1) is 6.92 Å². The van der Waals surface area contributed by atoms with Gasteiger partial charge in [-0.05, 0) is 42.8 Å². The van der Waals surface area contributed by atoms with Crippen LogP contribution in [-0.2, 0) is 0 Å². The topological polar surface area (TPSA) is 32.3 Å². The fourth-order valence-electron chi connectivity index (χ4n) is 1.62. The SMILES string of the molecule is Cc1cc(O)ccc1C(=S)Nc1ccccc1. The molecule has 0 bridgehead atoms. The highest BCUT2D eigenvalue weighted by atomic mass is 32.1. The van der Waals surface area contributed by atoms with E-state index < -0.39 is 0 Å². The molecule has 0 atom stereocenters. The maximum Gasteiger partial charge on any atom is 0.115 e. The summed E-state index contributed by atoms with van der Waals surface area (Å²) in [5.41, 5.74) is 2.85. The van der Waals surface area contributed by atoms with Crippen LogP contribution < -0.4 is 5.32 Å². The minimum absolute atomic E-state index is 0.258. The molecule has 17 heavy (non-hydrogen) atoms. The fourth-order valence-corrected chi connectivity index (χ4v) is 1.97. The average molecular weight is 243 g/mol. The van der Waals surface area contributed by atoms with E-state index in [1.54, 1.807) is 12.1 Å². The summed E-state index contributed by atoms with van der Waals surface area (Å²) in [7, 11) is 0. The molecular weight excluding hydrogens is 230 g/mol. The second-order valence-corrected chi connectivity index (χ2v) is 4.23. The predicted molar refractivity (Wildman–Crippen MR) is 74.6 cm³/mol. The lowest BCUT2D eigenvalue weighted by Gasteiger charge is -2.10. The number of phenols is 1. The third-order valence-corrected chi connectivity index (χ3v) is 2.81. The zero-order valence-corrected chi connectivity index (χ0v) is 10.3. The molecule has 0 aliphatic carbocycles. The summed E-state index contributed by atoms with van der Waals surface area (Å²) < 4.78 is 0. The van der Waals surface area contributed by atoms with E-state index in [-0.39, 0.29) is 5.75 Å². The number of anilines is 1. The number of hydrogen-bond donors (Lipinski definition) is 2. The first kappa shape index (κ1) is 11.6. The molecule has 3 heteroatoms. The van der Waals surface area contributed by atoms with Gasteiger partial charge in [-0.1, -0.05) is 30.4 Å². The van der Waals surface area contributed by atoms with Gasteiger partial charge in [-0.15, -0.1) is 0 Å². The Morgan fingerprint density at radius 2 is 1.82 bits per heavy atom. The number of rotatable bonds is 2. The van der Waals surface area contributed by atoms with Crippen molar-refractivity contribution < 1.29 is 5.11 Å². The minimum Gasteiger partial charge on any atom is -0.508 e. The molecule has 2 aromatic rings. The summed E-state index contributed by atoms with van der Waals surface area (Å²) >= 11 is 5.34. The van der Waals surface area contributed by atoms with Crippen LogP contribution in [0.2, 0.25) is 0 Å². The Balaban J connectivity index is 2.21. The summed E-state index contributed by atoms with van der Waals surface area (Å²) in [5.74, 6) is 0.258. The van der Waals surface area contributed by atoms with E-state index in [0.717, 1.165) is 16.8 Å². The first-order valence-corrected chi connectivity index (χ1v) is 5.73. The number of aromatic hydroxyl groups is 1. The van der Waals surface area contributed by atoms with Crippen molar-refractivity contribution in [2.24, 2.45) is 0 Å². The van der Waals surface area contributed by atoms with Gasteiger partial charge in [-0.2, -0.15) is 0 Å². The molecular formula is C14H13NOS. The predicted octanol–water partition coefficient (Wildman–Crippen LogP) is 3.49. The number of hydrogen-bond acceptors (Lipinski definition) is 2. The first-order valence-electron chi connectivity index (χ1n) is 5.33. The van der Waals surface area contributed by atoms with Crippen molar-refractivity contribution in [1.29, 1.82) is 0 Å². The maximum absolute atomic E-state index is 9.35. The van der Waals surface area contributed by atoms with Crippen molar-refractivity contribution in [2.45, 2.75) is 6.92 Å². The van der Waals surface area contributed by atoms with Crippen molar-refractivity contribution >= 4 is 22.9 Å². The average Bonchev–Trinajstić information content (AvgIpc) is 2.30. The molecule has 2 N–H and O–H groups in total. The van der Waals surface area contributed by atoms with Gasteiger partial charge in [0.25, 0.3) is 0 Å². The fraction of sp³-hybridized carbons (Fsp3) is 0.0714. The number of thiocarbonyl (C=S) groups is 1. The highest BCUT2D eigenvalue weighted by molar-refractivity contribution is 7.81. The third kappa shape index (κ3) is 2.82. The van der Waals surface area contributed by atoms with E-state index in [2.05, 4.69) is 5.32 Å². The second kappa shape index (κ2) is 4.97. The lowest BCUT2D eigenvalue weighted by Crippen LogP contribution is -2.11. The molecule has 0 saturated carbocycles. The largest absolute Gasteiger partial charge is 0.508 e. The number of phenolic OH excluding ortho intramolecular Hbond substituents is 1.